The Morgan fingerprint density at radius 1 is 1.31 bits per heavy atom. The second-order valence-corrected chi connectivity index (χ2v) is 4.44. The number of nitrogens with two attached hydrogens (primary N) is 1. The van der Waals surface area contributed by atoms with Crippen molar-refractivity contribution >= 4 is 0 Å². The predicted molar refractivity (Wildman–Crippen MR) is 65.0 cm³/mol. The van der Waals surface area contributed by atoms with E-state index in [0.717, 1.165) is 32.5 Å². The van der Waals surface area contributed by atoms with E-state index in [0.29, 0.717) is 6.54 Å². The molecule has 0 amide bonds. The van der Waals surface area contributed by atoms with Crippen LogP contribution < -0.4 is 16.4 Å². The third kappa shape index (κ3) is 2.78. The van der Waals surface area contributed by atoms with E-state index >= 15 is 0 Å². The van der Waals surface area contributed by atoms with Crippen molar-refractivity contribution in [1.29, 1.82) is 0 Å². The lowest BCUT2D eigenvalue weighted by atomic mass is 9.88. The summed E-state index contributed by atoms with van der Waals surface area (Å²) in [4.78, 5) is 4.02. The molecular weight excluding hydrogens is 200 g/mol. The van der Waals surface area contributed by atoms with Crippen molar-refractivity contribution in [3.8, 4) is 0 Å². The highest BCUT2D eigenvalue weighted by Crippen LogP contribution is 2.17. The van der Waals surface area contributed by atoms with Gasteiger partial charge >= 0.3 is 0 Å². The van der Waals surface area contributed by atoms with Gasteiger partial charge in [0.15, 0.2) is 0 Å². The normalized spacial score (nSPS) is 19.6. The molecule has 1 aliphatic rings. The Bertz CT molecular complexity index is 306. The average Bonchev–Trinajstić information content (AvgIpc) is 2.39. The summed E-state index contributed by atoms with van der Waals surface area (Å²) in [6.07, 6.45) is 5.87. The maximum atomic E-state index is 5.90. The molecule has 1 aromatic heterocycles. The van der Waals surface area contributed by atoms with Gasteiger partial charge in [-0.3, -0.25) is 4.98 Å². The fourth-order valence-electron chi connectivity index (χ4n) is 2.15. The van der Waals surface area contributed by atoms with Crippen LogP contribution in [-0.2, 0) is 6.54 Å². The molecule has 0 aromatic carbocycles. The molecule has 16 heavy (non-hydrogen) atoms. The highest BCUT2D eigenvalue weighted by atomic mass is 15.0. The number of hydrogen-bond donors (Lipinski definition) is 3. The van der Waals surface area contributed by atoms with Crippen molar-refractivity contribution in [3.63, 3.8) is 0 Å². The lowest BCUT2D eigenvalue weighted by molar-refractivity contribution is 0.248. The molecule has 0 aliphatic carbocycles. The molecule has 0 saturated carbocycles. The number of pyridine rings is 1. The van der Waals surface area contributed by atoms with Crippen LogP contribution in [-0.4, -0.2) is 30.2 Å². The largest absolute Gasteiger partial charge is 0.329 e. The molecule has 4 nitrogen and oxygen atoms in total. The number of nitrogens with one attached hydrogen (secondary N) is 2. The Balaban J connectivity index is 1.92. The summed E-state index contributed by atoms with van der Waals surface area (Å²) in [7, 11) is 0. The van der Waals surface area contributed by atoms with Gasteiger partial charge in [-0.1, -0.05) is 0 Å². The lowest BCUT2D eigenvalue weighted by Crippen LogP contribution is -2.56. The highest BCUT2D eigenvalue weighted by Gasteiger charge is 2.29. The first-order chi connectivity index (χ1) is 7.85. The molecule has 2 heterocycles. The van der Waals surface area contributed by atoms with Gasteiger partial charge in [-0.15, -0.1) is 0 Å². The fourth-order valence-corrected chi connectivity index (χ4v) is 2.15. The van der Waals surface area contributed by atoms with Gasteiger partial charge in [0, 0.05) is 31.0 Å². The molecule has 1 aliphatic heterocycles. The molecule has 0 radical (unpaired) electrons. The zero-order valence-electron chi connectivity index (χ0n) is 9.58. The monoisotopic (exact) mass is 220 g/mol. The smallest absolute Gasteiger partial charge is 0.0331 e. The summed E-state index contributed by atoms with van der Waals surface area (Å²) >= 11 is 0. The van der Waals surface area contributed by atoms with Crippen LogP contribution in [0.3, 0.4) is 0 Å². The minimum Gasteiger partial charge on any atom is -0.329 e. The molecule has 4 heteroatoms. The molecular formula is C12H20N4. The average molecular weight is 220 g/mol. The van der Waals surface area contributed by atoms with E-state index in [-0.39, 0.29) is 5.54 Å². The van der Waals surface area contributed by atoms with Crippen molar-refractivity contribution in [2.75, 3.05) is 19.6 Å². The van der Waals surface area contributed by atoms with Crippen LogP contribution in [0.1, 0.15) is 18.4 Å². The van der Waals surface area contributed by atoms with Crippen molar-refractivity contribution in [3.05, 3.63) is 30.1 Å². The van der Waals surface area contributed by atoms with Gasteiger partial charge in [-0.2, -0.15) is 0 Å². The Hall–Kier alpha value is -0.970. The third-order valence-corrected chi connectivity index (χ3v) is 3.37. The summed E-state index contributed by atoms with van der Waals surface area (Å²) in [5.74, 6) is 0. The first kappa shape index (κ1) is 11.5. The van der Waals surface area contributed by atoms with Gasteiger partial charge in [-0.25, -0.2) is 0 Å². The lowest BCUT2D eigenvalue weighted by Gasteiger charge is -2.37. The zero-order valence-corrected chi connectivity index (χ0v) is 9.58. The Labute approximate surface area is 96.6 Å². The molecule has 1 aromatic rings. The maximum absolute atomic E-state index is 5.90. The van der Waals surface area contributed by atoms with Crippen LogP contribution >= 0.6 is 0 Å². The minimum absolute atomic E-state index is 0.120. The van der Waals surface area contributed by atoms with Gasteiger partial charge < -0.3 is 16.4 Å². The Morgan fingerprint density at radius 2 is 2.00 bits per heavy atom. The number of hydrogen-bond acceptors (Lipinski definition) is 4. The zero-order chi connectivity index (χ0) is 11.3. The van der Waals surface area contributed by atoms with E-state index < -0.39 is 0 Å². The van der Waals surface area contributed by atoms with E-state index in [1.807, 2.05) is 24.5 Å². The standard InChI is InChI=1S/C12H20N4/c13-10-12(3-7-15-8-4-12)16-9-11-1-5-14-6-2-11/h1-2,5-6,15-16H,3-4,7-10,13H2. The summed E-state index contributed by atoms with van der Waals surface area (Å²) in [6.45, 7) is 3.70. The molecule has 4 N–H and O–H groups in total. The summed E-state index contributed by atoms with van der Waals surface area (Å²) < 4.78 is 0. The van der Waals surface area contributed by atoms with Crippen molar-refractivity contribution in [2.24, 2.45) is 5.73 Å². The molecule has 88 valence electrons. The van der Waals surface area contributed by atoms with Crippen LogP contribution in [0.15, 0.2) is 24.5 Å². The van der Waals surface area contributed by atoms with Crippen LogP contribution in [0.25, 0.3) is 0 Å². The fraction of sp³-hybridized carbons (Fsp3) is 0.583. The molecule has 0 spiro atoms. The number of rotatable bonds is 4. The predicted octanol–water partition coefficient (Wildman–Crippen LogP) is 0.252. The van der Waals surface area contributed by atoms with Crippen LogP contribution in [0, 0.1) is 0 Å². The van der Waals surface area contributed by atoms with E-state index in [2.05, 4.69) is 15.6 Å². The first-order valence-corrected chi connectivity index (χ1v) is 5.89. The van der Waals surface area contributed by atoms with Gasteiger partial charge in [-0.05, 0) is 43.6 Å². The summed E-state index contributed by atoms with van der Waals surface area (Å²) in [5.41, 5.74) is 7.28. The Morgan fingerprint density at radius 3 is 2.62 bits per heavy atom. The molecule has 0 unspecified atom stereocenters. The maximum Gasteiger partial charge on any atom is 0.0331 e. The molecule has 1 fully saturated rings. The second-order valence-electron chi connectivity index (χ2n) is 4.44. The number of nitrogens with zero attached hydrogens (tertiary/aromatic N) is 1. The van der Waals surface area contributed by atoms with E-state index in [1.165, 1.54) is 5.56 Å². The van der Waals surface area contributed by atoms with Crippen molar-refractivity contribution in [1.82, 2.24) is 15.6 Å². The van der Waals surface area contributed by atoms with E-state index in [4.69, 9.17) is 5.73 Å². The second kappa shape index (κ2) is 5.39. The van der Waals surface area contributed by atoms with Gasteiger partial charge in [0.05, 0.1) is 0 Å². The third-order valence-electron chi connectivity index (χ3n) is 3.37. The van der Waals surface area contributed by atoms with E-state index in [9.17, 15) is 0 Å². The molecule has 1 saturated heterocycles. The van der Waals surface area contributed by atoms with Crippen LogP contribution in [0.4, 0.5) is 0 Å². The van der Waals surface area contributed by atoms with Crippen LogP contribution in [0.5, 0.6) is 0 Å². The number of aromatic nitrogens is 1. The van der Waals surface area contributed by atoms with Crippen molar-refractivity contribution in [2.45, 2.75) is 24.9 Å². The first-order valence-electron chi connectivity index (χ1n) is 5.89. The molecule has 0 bridgehead atoms. The molecule has 2 rings (SSSR count). The van der Waals surface area contributed by atoms with Crippen LogP contribution in [0.2, 0.25) is 0 Å². The van der Waals surface area contributed by atoms with Gasteiger partial charge in [0.1, 0.15) is 0 Å². The van der Waals surface area contributed by atoms with Gasteiger partial charge in [0.25, 0.3) is 0 Å². The quantitative estimate of drug-likeness (QED) is 0.681. The topological polar surface area (TPSA) is 63.0 Å². The van der Waals surface area contributed by atoms with Gasteiger partial charge in [0.2, 0.25) is 0 Å². The Kier molecular flexibility index (Phi) is 3.88. The summed E-state index contributed by atoms with van der Waals surface area (Å²) in [5, 5.41) is 6.97. The summed E-state index contributed by atoms with van der Waals surface area (Å²) in [6, 6.07) is 4.08. The number of piperidine rings is 1. The SMILES string of the molecule is NCC1(NCc2ccncc2)CCNCC1. The van der Waals surface area contributed by atoms with E-state index in [1.54, 1.807) is 0 Å². The minimum atomic E-state index is 0.120. The highest BCUT2D eigenvalue weighted by molar-refractivity contribution is 5.10. The van der Waals surface area contributed by atoms with Crippen molar-refractivity contribution < 1.29 is 0 Å². The molecule has 0 atom stereocenters.